The molecule has 6 nitrogen and oxygen atoms in total. The smallest absolute Gasteiger partial charge is 0.407 e. The lowest BCUT2D eigenvalue weighted by atomic mass is 10.1. The van der Waals surface area contributed by atoms with Gasteiger partial charge in [-0.2, -0.15) is 0 Å². The number of carbonyl (C=O) groups is 1. The molecule has 18 heavy (non-hydrogen) atoms. The van der Waals surface area contributed by atoms with E-state index in [4.69, 9.17) is 4.74 Å². The van der Waals surface area contributed by atoms with Crippen LogP contribution in [-0.2, 0) is 11.2 Å². The minimum absolute atomic E-state index is 0.0486. The summed E-state index contributed by atoms with van der Waals surface area (Å²) in [6, 6.07) is 0.0486. The Morgan fingerprint density at radius 1 is 1.61 bits per heavy atom. The molecule has 0 spiro atoms. The molecule has 1 aromatic heterocycles. The van der Waals surface area contributed by atoms with Crippen molar-refractivity contribution < 1.29 is 9.53 Å². The molecule has 2 rings (SSSR count). The number of hydrogen-bond acceptors (Lipinski definition) is 4. The second-order valence-electron chi connectivity index (χ2n) is 5.41. The first-order valence-electron chi connectivity index (χ1n) is 6.18. The van der Waals surface area contributed by atoms with E-state index in [9.17, 15) is 4.79 Å². The number of alkyl carbamates (subject to hydrolysis) is 1. The summed E-state index contributed by atoms with van der Waals surface area (Å²) in [4.78, 5) is 19.0. The monoisotopic (exact) mass is 252 g/mol. The van der Waals surface area contributed by atoms with Gasteiger partial charge in [0, 0.05) is 25.2 Å². The summed E-state index contributed by atoms with van der Waals surface area (Å²) in [6.07, 6.45) is 2.24. The SMILES string of the molecule is CC(C)(C)OC(=O)NCC1NCCc2[nH]cnc21. The number of rotatable bonds is 2. The van der Waals surface area contributed by atoms with E-state index >= 15 is 0 Å². The lowest BCUT2D eigenvalue weighted by Gasteiger charge is -2.24. The Morgan fingerprint density at radius 3 is 3.11 bits per heavy atom. The molecule has 1 unspecified atom stereocenters. The Kier molecular flexibility index (Phi) is 3.56. The van der Waals surface area contributed by atoms with Crippen molar-refractivity contribution in [2.24, 2.45) is 0 Å². The first-order chi connectivity index (χ1) is 8.46. The van der Waals surface area contributed by atoms with Crippen LogP contribution in [0.5, 0.6) is 0 Å². The number of ether oxygens (including phenoxy) is 1. The van der Waals surface area contributed by atoms with Crippen LogP contribution in [0.25, 0.3) is 0 Å². The predicted octanol–water partition coefficient (Wildman–Crippen LogP) is 1.12. The molecule has 0 fully saturated rings. The normalized spacial score (nSPS) is 19.2. The predicted molar refractivity (Wildman–Crippen MR) is 67.3 cm³/mol. The molecular weight excluding hydrogens is 232 g/mol. The highest BCUT2D eigenvalue weighted by Gasteiger charge is 2.23. The van der Waals surface area contributed by atoms with Gasteiger partial charge < -0.3 is 20.4 Å². The van der Waals surface area contributed by atoms with Gasteiger partial charge >= 0.3 is 6.09 Å². The first-order valence-corrected chi connectivity index (χ1v) is 6.18. The van der Waals surface area contributed by atoms with Crippen molar-refractivity contribution in [3.05, 3.63) is 17.7 Å². The molecule has 1 aliphatic heterocycles. The van der Waals surface area contributed by atoms with Crippen LogP contribution in [0, 0.1) is 0 Å². The highest BCUT2D eigenvalue weighted by atomic mass is 16.6. The van der Waals surface area contributed by atoms with Crippen LogP contribution < -0.4 is 10.6 Å². The summed E-state index contributed by atoms with van der Waals surface area (Å²) >= 11 is 0. The fourth-order valence-electron chi connectivity index (χ4n) is 1.97. The molecular formula is C12H20N4O2. The number of aromatic nitrogens is 2. The Bertz CT molecular complexity index is 422. The van der Waals surface area contributed by atoms with Crippen molar-refractivity contribution in [3.8, 4) is 0 Å². The van der Waals surface area contributed by atoms with E-state index in [-0.39, 0.29) is 6.04 Å². The summed E-state index contributed by atoms with van der Waals surface area (Å²) in [7, 11) is 0. The van der Waals surface area contributed by atoms with E-state index in [2.05, 4.69) is 20.6 Å². The Morgan fingerprint density at radius 2 is 2.39 bits per heavy atom. The van der Waals surface area contributed by atoms with Gasteiger partial charge in [0.15, 0.2) is 0 Å². The zero-order valence-corrected chi connectivity index (χ0v) is 11.0. The summed E-state index contributed by atoms with van der Waals surface area (Å²) in [5.74, 6) is 0. The standard InChI is InChI=1S/C12H20N4O2/c1-12(2,3)18-11(17)14-6-9-10-8(4-5-13-9)15-7-16-10/h7,9,13H,4-6H2,1-3H3,(H,14,17)(H,15,16). The van der Waals surface area contributed by atoms with Gasteiger partial charge in [0.25, 0.3) is 0 Å². The number of hydrogen-bond donors (Lipinski definition) is 3. The van der Waals surface area contributed by atoms with Crippen molar-refractivity contribution >= 4 is 6.09 Å². The number of amides is 1. The lowest BCUT2D eigenvalue weighted by molar-refractivity contribution is 0.0522. The van der Waals surface area contributed by atoms with Gasteiger partial charge in [0.05, 0.1) is 18.1 Å². The molecule has 1 aliphatic rings. The zero-order valence-electron chi connectivity index (χ0n) is 11.0. The van der Waals surface area contributed by atoms with Gasteiger partial charge in [0.1, 0.15) is 5.60 Å². The van der Waals surface area contributed by atoms with Crippen LogP contribution in [0.4, 0.5) is 4.79 Å². The van der Waals surface area contributed by atoms with Crippen LogP contribution >= 0.6 is 0 Å². The van der Waals surface area contributed by atoms with E-state index in [1.165, 1.54) is 0 Å². The second kappa shape index (κ2) is 4.97. The third kappa shape index (κ3) is 3.22. The number of H-pyrrole nitrogens is 1. The maximum absolute atomic E-state index is 11.6. The molecule has 0 saturated heterocycles. The molecule has 6 heteroatoms. The highest BCUT2D eigenvalue weighted by molar-refractivity contribution is 5.67. The van der Waals surface area contributed by atoms with Gasteiger partial charge in [-0.3, -0.25) is 0 Å². The Balaban J connectivity index is 1.87. The Hall–Kier alpha value is -1.56. The largest absolute Gasteiger partial charge is 0.444 e. The molecule has 1 atom stereocenters. The van der Waals surface area contributed by atoms with Crippen molar-refractivity contribution in [1.82, 2.24) is 20.6 Å². The number of nitrogens with zero attached hydrogens (tertiary/aromatic N) is 1. The first kappa shape index (κ1) is 12.9. The minimum atomic E-state index is -0.471. The molecule has 0 saturated carbocycles. The zero-order chi connectivity index (χ0) is 13.2. The molecule has 3 N–H and O–H groups in total. The molecule has 0 bridgehead atoms. The van der Waals surface area contributed by atoms with E-state index < -0.39 is 11.7 Å². The van der Waals surface area contributed by atoms with Crippen molar-refractivity contribution in [1.29, 1.82) is 0 Å². The van der Waals surface area contributed by atoms with E-state index in [0.717, 1.165) is 24.4 Å². The van der Waals surface area contributed by atoms with E-state index in [1.54, 1.807) is 6.33 Å². The van der Waals surface area contributed by atoms with Crippen LogP contribution in [-0.4, -0.2) is 34.8 Å². The quantitative estimate of drug-likeness (QED) is 0.737. The summed E-state index contributed by atoms with van der Waals surface area (Å²) in [6.45, 7) is 6.90. The number of fused-ring (bicyclic) bond motifs is 1. The third-order valence-corrected chi connectivity index (χ3v) is 2.70. The van der Waals surface area contributed by atoms with Gasteiger partial charge in [-0.05, 0) is 20.8 Å². The fourth-order valence-corrected chi connectivity index (χ4v) is 1.97. The average Bonchev–Trinajstić information content (AvgIpc) is 2.72. The summed E-state index contributed by atoms with van der Waals surface area (Å²) < 4.78 is 5.19. The van der Waals surface area contributed by atoms with Crippen molar-refractivity contribution in [2.75, 3.05) is 13.1 Å². The molecule has 100 valence electrons. The maximum atomic E-state index is 11.6. The van der Waals surface area contributed by atoms with Crippen LogP contribution in [0.1, 0.15) is 38.2 Å². The lowest BCUT2D eigenvalue weighted by Crippen LogP contribution is -2.40. The average molecular weight is 252 g/mol. The second-order valence-corrected chi connectivity index (χ2v) is 5.41. The maximum Gasteiger partial charge on any atom is 0.407 e. The topological polar surface area (TPSA) is 79.0 Å². The molecule has 0 radical (unpaired) electrons. The van der Waals surface area contributed by atoms with Gasteiger partial charge in [0.2, 0.25) is 0 Å². The number of aromatic amines is 1. The summed E-state index contributed by atoms with van der Waals surface area (Å²) in [5.41, 5.74) is 1.66. The van der Waals surface area contributed by atoms with Gasteiger partial charge in [-0.25, -0.2) is 9.78 Å². The Labute approximate surface area is 107 Å². The van der Waals surface area contributed by atoms with Gasteiger partial charge in [-0.15, -0.1) is 0 Å². The molecule has 1 amide bonds. The van der Waals surface area contributed by atoms with E-state index in [1.807, 2.05) is 20.8 Å². The van der Waals surface area contributed by atoms with Crippen molar-refractivity contribution in [2.45, 2.75) is 38.8 Å². The third-order valence-electron chi connectivity index (χ3n) is 2.70. The molecule has 0 aromatic carbocycles. The fraction of sp³-hybridized carbons (Fsp3) is 0.667. The van der Waals surface area contributed by atoms with Gasteiger partial charge in [-0.1, -0.05) is 0 Å². The number of carbonyl (C=O) groups excluding carboxylic acids is 1. The highest BCUT2D eigenvalue weighted by Crippen LogP contribution is 2.18. The minimum Gasteiger partial charge on any atom is -0.444 e. The molecule has 1 aromatic rings. The number of imidazole rings is 1. The van der Waals surface area contributed by atoms with Crippen molar-refractivity contribution in [3.63, 3.8) is 0 Å². The van der Waals surface area contributed by atoms with Crippen LogP contribution in [0.2, 0.25) is 0 Å². The van der Waals surface area contributed by atoms with E-state index in [0.29, 0.717) is 6.54 Å². The van der Waals surface area contributed by atoms with Crippen LogP contribution in [0.15, 0.2) is 6.33 Å². The van der Waals surface area contributed by atoms with Crippen LogP contribution in [0.3, 0.4) is 0 Å². The number of nitrogens with one attached hydrogen (secondary N) is 3. The summed E-state index contributed by atoms with van der Waals surface area (Å²) in [5, 5.41) is 6.09. The molecule has 0 aliphatic carbocycles. The molecule has 2 heterocycles.